The van der Waals surface area contributed by atoms with Gasteiger partial charge in [-0.15, -0.1) is 0 Å². The summed E-state index contributed by atoms with van der Waals surface area (Å²) in [4.78, 5) is 26.7. The first-order chi connectivity index (χ1) is 11.1. The molecule has 0 aliphatic heterocycles. The molecule has 0 fully saturated rings. The second-order valence-corrected chi connectivity index (χ2v) is 7.09. The molecule has 24 heavy (non-hydrogen) atoms. The Morgan fingerprint density at radius 3 is 2.21 bits per heavy atom. The third-order valence-corrected chi connectivity index (χ3v) is 4.55. The van der Waals surface area contributed by atoms with Gasteiger partial charge in [-0.25, -0.2) is 8.42 Å². The smallest absolute Gasteiger partial charge is 0.280 e. The number of aromatic nitrogens is 1. The normalized spacial score (nSPS) is 11.1. The predicted molar refractivity (Wildman–Crippen MR) is 90.0 cm³/mol. The summed E-state index contributed by atoms with van der Waals surface area (Å²) in [6.45, 7) is 1.50. The number of hydrogen-bond acceptors (Lipinski definition) is 4. The number of carbonyl (C=O) groups is 1. The molecule has 0 aliphatic carbocycles. The minimum atomic E-state index is -3.67. The second-order valence-electron chi connectivity index (χ2n) is 5.14. The maximum Gasteiger partial charge on any atom is 0.280 e. The number of nitrogens with zero attached hydrogens (tertiary/aromatic N) is 2. The van der Waals surface area contributed by atoms with Crippen LogP contribution in [-0.4, -0.2) is 31.1 Å². The topological polar surface area (TPSA) is 138 Å². The molecule has 9 heteroatoms. The molecule has 2 aromatic rings. The van der Waals surface area contributed by atoms with Crippen molar-refractivity contribution in [2.45, 2.75) is 11.8 Å². The van der Waals surface area contributed by atoms with Crippen LogP contribution in [0.4, 0.5) is 0 Å². The molecule has 8 nitrogen and oxygen atoms in total. The van der Waals surface area contributed by atoms with Crippen LogP contribution in [0.2, 0.25) is 0 Å². The van der Waals surface area contributed by atoms with Gasteiger partial charge in [-0.1, -0.05) is 0 Å². The van der Waals surface area contributed by atoms with E-state index in [9.17, 15) is 18.0 Å². The van der Waals surface area contributed by atoms with Crippen LogP contribution in [0.15, 0.2) is 51.3 Å². The van der Waals surface area contributed by atoms with Gasteiger partial charge in [0.1, 0.15) is 0 Å². The van der Waals surface area contributed by atoms with E-state index in [1.165, 1.54) is 48.1 Å². The molecular weight excluding hydrogens is 332 g/mol. The quantitative estimate of drug-likeness (QED) is 0.590. The van der Waals surface area contributed by atoms with Crippen LogP contribution in [-0.2, 0) is 9.84 Å². The molecule has 1 aromatic heterocycles. The Bertz CT molecular complexity index is 982. The first-order valence-electron chi connectivity index (χ1n) is 6.77. The van der Waals surface area contributed by atoms with Crippen LogP contribution < -0.4 is 16.9 Å². The Morgan fingerprint density at radius 2 is 1.71 bits per heavy atom. The van der Waals surface area contributed by atoms with Crippen LogP contribution in [0.1, 0.15) is 15.9 Å². The van der Waals surface area contributed by atoms with E-state index in [1.807, 2.05) is 0 Å². The summed E-state index contributed by atoms with van der Waals surface area (Å²) < 4.78 is 26.0. The summed E-state index contributed by atoms with van der Waals surface area (Å²) in [7, 11) is -3.67. The number of hydrogen-bond donors (Lipinski definition) is 2. The van der Waals surface area contributed by atoms with Gasteiger partial charge in [0.2, 0.25) is 0 Å². The summed E-state index contributed by atoms with van der Waals surface area (Å²) in [5, 5.41) is 0. The standard InChI is InChI=1S/C15H16N4O4S/c1-9-11(14(21)18-15(16)17)3-4-12(13(9)24(2,22)23)19-7-5-10(20)6-8-19/h3-8H,1-2H3,(H4,16,17,18,21). The lowest BCUT2D eigenvalue weighted by Crippen LogP contribution is -2.24. The Balaban J connectivity index is 2.78. The Hall–Kier alpha value is -2.94. The van der Waals surface area contributed by atoms with E-state index in [-0.39, 0.29) is 21.5 Å². The molecule has 0 atom stereocenters. The molecule has 0 saturated heterocycles. The molecule has 0 radical (unpaired) electrons. The molecule has 2 rings (SSSR count). The van der Waals surface area contributed by atoms with Gasteiger partial charge in [0.25, 0.3) is 5.91 Å². The maximum atomic E-state index is 12.2. The first-order valence-corrected chi connectivity index (χ1v) is 8.66. The van der Waals surface area contributed by atoms with Crippen molar-refractivity contribution in [2.75, 3.05) is 6.26 Å². The lowest BCUT2D eigenvalue weighted by Gasteiger charge is -2.15. The van der Waals surface area contributed by atoms with E-state index < -0.39 is 21.7 Å². The van der Waals surface area contributed by atoms with Crippen molar-refractivity contribution in [3.8, 4) is 5.69 Å². The zero-order valence-electron chi connectivity index (χ0n) is 13.1. The van der Waals surface area contributed by atoms with Gasteiger partial charge in [0.05, 0.1) is 10.6 Å². The second kappa shape index (κ2) is 6.28. The molecule has 1 aromatic carbocycles. The number of aliphatic imine (C=N–C) groups is 1. The molecule has 0 spiro atoms. The lowest BCUT2D eigenvalue weighted by atomic mass is 10.1. The number of sulfone groups is 1. The number of pyridine rings is 1. The molecular formula is C15H16N4O4S. The van der Waals surface area contributed by atoms with Crippen molar-refractivity contribution < 1.29 is 13.2 Å². The van der Waals surface area contributed by atoms with Crippen LogP contribution in [0.3, 0.4) is 0 Å². The number of benzene rings is 1. The minimum Gasteiger partial charge on any atom is -0.370 e. The van der Waals surface area contributed by atoms with E-state index in [2.05, 4.69) is 4.99 Å². The van der Waals surface area contributed by atoms with Crippen LogP contribution in [0.25, 0.3) is 5.69 Å². The van der Waals surface area contributed by atoms with Crippen LogP contribution in [0, 0.1) is 6.92 Å². The molecule has 0 unspecified atom stereocenters. The average molecular weight is 348 g/mol. The zero-order valence-corrected chi connectivity index (χ0v) is 13.9. The van der Waals surface area contributed by atoms with Crippen LogP contribution >= 0.6 is 0 Å². The van der Waals surface area contributed by atoms with E-state index in [4.69, 9.17) is 11.5 Å². The zero-order chi connectivity index (χ0) is 18.1. The minimum absolute atomic E-state index is 0.0391. The molecule has 1 heterocycles. The summed E-state index contributed by atoms with van der Waals surface area (Å²) in [5.74, 6) is -1.14. The Labute approximate surface area is 138 Å². The predicted octanol–water partition coefficient (Wildman–Crippen LogP) is -0.0370. The third-order valence-electron chi connectivity index (χ3n) is 3.29. The van der Waals surface area contributed by atoms with Crippen molar-refractivity contribution >= 4 is 21.7 Å². The van der Waals surface area contributed by atoms with Gasteiger partial charge in [0.15, 0.2) is 21.2 Å². The number of rotatable bonds is 3. The van der Waals surface area contributed by atoms with Crippen LogP contribution in [0.5, 0.6) is 0 Å². The average Bonchev–Trinajstić information content (AvgIpc) is 2.45. The molecule has 126 valence electrons. The highest BCUT2D eigenvalue weighted by Gasteiger charge is 2.22. The molecule has 0 aliphatic rings. The highest BCUT2D eigenvalue weighted by Crippen LogP contribution is 2.27. The fourth-order valence-electron chi connectivity index (χ4n) is 2.33. The Morgan fingerprint density at radius 1 is 1.12 bits per heavy atom. The van der Waals surface area contributed by atoms with Gasteiger partial charge in [-0.3, -0.25) is 9.59 Å². The SMILES string of the molecule is Cc1c(C(=O)N=C(N)N)ccc(-n2ccc(=O)cc2)c1S(C)(=O)=O. The van der Waals surface area contributed by atoms with Crippen molar-refractivity contribution in [3.63, 3.8) is 0 Å². The van der Waals surface area contributed by atoms with E-state index in [1.54, 1.807) is 0 Å². The summed E-state index contributed by atoms with van der Waals surface area (Å²) >= 11 is 0. The number of guanidine groups is 1. The van der Waals surface area contributed by atoms with Gasteiger partial charge < -0.3 is 16.0 Å². The van der Waals surface area contributed by atoms with Crippen molar-refractivity contribution in [1.82, 2.24) is 4.57 Å². The fraction of sp³-hybridized carbons (Fsp3) is 0.133. The van der Waals surface area contributed by atoms with Gasteiger partial charge in [-0.2, -0.15) is 4.99 Å². The summed E-state index contributed by atoms with van der Waals surface area (Å²) in [6.07, 6.45) is 3.93. The maximum absolute atomic E-state index is 12.2. The van der Waals surface area contributed by atoms with Crippen molar-refractivity contribution in [1.29, 1.82) is 0 Å². The fourth-order valence-corrected chi connectivity index (χ4v) is 3.55. The van der Waals surface area contributed by atoms with Crippen molar-refractivity contribution in [2.24, 2.45) is 16.5 Å². The van der Waals surface area contributed by atoms with Gasteiger partial charge in [0, 0.05) is 36.3 Å². The largest absolute Gasteiger partial charge is 0.370 e. The molecule has 1 amide bonds. The Kier molecular flexibility index (Phi) is 4.56. The monoisotopic (exact) mass is 348 g/mol. The number of carbonyl (C=O) groups excluding carboxylic acids is 1. The van der Waals surface area contributed by atoms with E-state index in [0.717, 1.165) is 6.26 Å². The molecule has 4 N–H and O–H groups in total. The van der Waals surface area contributed by atoms with Crippen molar-refractivity contribution in [3.05, 3.63) is 58.0 Å². The first kappa shape index (κ1) is 17.4. The number of amides is 1. The molecule has 0 bridgehead atoms. The lowest BCUT2D eigenvalue weighted by molar-refractivity contribution is 0.100. The highest BCUT2D eigenvalue weighted by atomic mass is 32.2. The third kappa shape index (κ3) is 3.51. The summed E-state index contributed by atoms with van der Waals surface area (Å²) in [5.41, 5.74) is 10.8. The van der Waals surface area contributed by atoms with Gasteiger partial charge in [-0.05, 0) is 24.6 Å². The van der Waals surface area contributed by atoms with E-state index >= 15 is 0 Å². The highest BCUT2D eigenvalue weighted by molar-refractivity contribution is 7.90. The van der Waals surface area contributed by atoms with Gasteiger partial charge >= 0.3 is 0 Å². The number of nitrogens with two attached hydrogens (primary N) is 2. The molecule has 0 saturated carbocycles. The van der Waals surface area contributed by atoms with E-state index in [0.29, 0.717) is 5.69 Å². The summed E-state index contributed by atoms with van der Waals surface area (Å²) in [6, 6.07) is 5.51.